The third-order valence-corrected chi connectivity index (χ3v) is 4.39. The fourth-order valence-electron chi connectivity index (χ4n) is 3.06. The second-order valence-corrected chi connectivity index (χ2v) is 6.46. The number of rotatable bonds is 3. The molecule has 7 heteroatoms. The van der Waals surface area contributed by atoms with Gasteiger partial charge in [-0.15, -0.1) is 11.6 Å². The average Bonchev–Trinajstić information content (AvgIpc) is 2.47. The Labute approximate surface area is 137 Å². The van der Waals surface area contributed by atoms with E-state index in [1.165, 1.54) is 12.3 Å². The van der Waals surface area contributed by atoms with Crippen molar-refractivity contribution in [1.82, 2.24) is 0 Å². The minimum Gasteiger partial charge on any atom is -0.461 e. The molecule has 0 bridgehead atoms. The summed E-state index contributed by atoms with van der Waals surface area (Å²) in [7, 11) is 0. The smallest absolute Gasteiger partial charge is 0.297 e. The highest BCUT2D eigenvalue weighted by Gasteiger charge is 2.48. The van der Waals surface area contributed by atoms with Crippen LogP contribution in [0.2, 0.25) is 0 Å². The summed E-state index contributed by atoms with van der Waals surface area (Å²) in [5.74, 6) is 0.218. The van der Waals surface area contributed by atoms with Crippen LogP contribution in [0.5, 0.6) is 0 Å². The van der Waals surface area contributed by atoms with Gasteiger partial charge in [-0.05, 0) is 31.9 Å². The molecule has 0 aromatic rings. The standard InChI is InChI=1S/C16H16ClNO5/c1-8(2)23-16-12(17)6-10-9-4-3-5-13(19)11(9)7-22-15(10)14(16)18(20)21/h3-5,7-8,12,14,16H,6H2,1-2H3. The molecular weight excluding hydrogens is 322 g/mol. The third-order valence-electron chi connectivity index (χ3n) is 3.98. The Morgan fingerprint density at radius 1 is 1.39 bits per heavy atom. The summed E-state index contributed by atoms with van der Waals surface area (Å²) in [6.45, 7) is 3.61. The summed E-state index contributed by atoms with van der Waals surface area (Å²) in [5.41, 5.74) is 1.49. The number of fused-ring (bicyclic) bond motifs is 3. The van der Waals surface area contributed by atoms with Gasteiger partial charge in [-0.3, -0.25) is 14.9 Å². The molecule has 122 valence electrons. The van der Waals surface area contributed by atoms with Crippen LogP contribution in [-0.4, -0.2) is 22.5 Å². The normalized spacial score (nSPS) is 23.9. The van der Waals surface area contributed by atoms with Gasteiger partial charge in [0.05, 0.1) is 17.0 Å². The molecular formula is C16H16ClNO5. The molecule has 3 unspecified atom stereocenters. The fraction of sp³-hybridized carbons (Fsp3) is 0.438. The van der Waals surface area contributed by atoms with Gasteiger partial charge in [0.15, 0.2) is 11.2 Å². The lowest BCUT2D eigenvalue weighted by molar-refractivity contribution is -0.547. The Bertz CT molecular complexity index is 772. The van der Waals surface area contributed by atoms with E-state index < -0.39 is 22.4 Å². The van der Waals surface area contributed by atoms with Gasteiger partial charge in [-0.2, -0.15) is 0 Å². The fourth-order valence-corrected chi connectivity index (χ4v) is 3.41. The molecule has 0 saturated carbocycles. The SMILES string of the molecule is CC(C)OC1C(Cl)Cc2c3cccc(=O)c-3coc2C1[N+](=O)[O-]. The second kappa shape index (κ2) is 5.94. The maximum atomic E-state index is 11.9. The van der Waals surface area contributed by atoms with Crippen molar-refractivity contribution >= 4 is 11.6 Å². The molecule has 23 heavy (non-hydrogen) atoms. The van der Waals surface area contributed by atoms with E-state index >= 15 is 0 Å². The molecule has 0 amide bonds. The highest BCUT2D eigenvalue weighted by atomic mass is 35.5. The van der Waals surface area contributed by atoms with Gasteiger partial charge in [0.2, 0.25) is 0 Å². The van der Waals surface area contributed by atoms with E-state index in [2.05, 4.69) is 0 Å². The van der Waals surface area contributed by atoms with E-state index in [-0.39, 0.29) is 17.3 Å². The van der Waals surface area contributed by atoms with Crippen LogP contribution in [0.1, 0.15) is 31.2 Å². The molecule has 0 saturated heterocycles. The average molecular weight is 338 g/mol. The van der Waals surface area contributed by atoms with E-state index in [1.54, 1.807) is 26.0 Å². The Morgan fingerprint density at radius 3 is 2.78 bits per heavy atom. The van der Waals surface area contributed by atoms with E-state index in [9.17, 15) is 14.9 Å². The first-order chi connectivity index (χ1) is 10.9. The molecule has 3 rings (SSSR count). The lowest BCUT2D eigenvalue weighted by atomic mass is 9.85. The van der Waals surface area contributed by atoms with Crippen molar-refractivity contribution in [3.8, 4) is 11.1 Å². The molecule has 0 aromatic carbocycles. The lowest BCUT2D eigenvalue weighted by Gasteiger charge is -2.32. The van der Waals surface area contributed by atoms with Crippen LogP contribution in [-0.2, 0) is 11.2 Å². The molecule has 1 heterocycles. The summed E-state index contributed by atoms with van der Waals surface area (Å²) in [6.07, 6.45) is 0.659. The van der Waals surface area contributed by atoms with Gasteiger partial charge in [0.1, 0.15) is 12.4 Å². The summed E-state index contributed by atoms with van der Waals surface area (Å²) in [4.78, 5) is 23.1. The second-order valence-electron chi connectivity index (χ2n) is 5.90. The number of halogens is 1. The van der Waals surface area contributed by atoms with Gasteiger partial charge in [-0.1, -0.05) is 12.1 Å². The van der Waals surface area contributed by atoms with Gasteiger partial charge in [0, 0.05) is 10.5 Å². The summed E-state index contributed by atoms with van der Waals surface area (Å²) in [5, 5.41) is 11.0. The van der Waals surface area contributed by atoms with Gasteiger partial charge in [0.25, 0.3) is 6.04 Å². The van der Waals surface area contributed by atoms with Crippen LogP contribution in [0.4, 0.5) is 0 Å². The highest BCUT2D eigenvalue weighted by Crippen LogP contribution is 2.41. The number of benzene rings is 1. The van der Waals surface area contributed by atoms with E-state index in [1.807, 2.05) is 0 Å². The van der Waals surface area contributed by atoms with Crippen molar-refractivity contribution in [2.75, 3.05) is 0 Å². The predicted octanol–water partition coefficient (Wildman–Crippen LogP) is 3.02. The number of ether oxygens (including phenoxy) is 1. The first-order valence-electron chi connectivity index (χ1n) is 7.36. The van der Waals surface area contributed by atoms with Crippen molar-refractivity contribution in [3.63, 3.8) is 0 Å². The Balaban J connectivity index is 2.19. The molecule has 3 aliphatic rings. The number of hydrogen-bond donors (Lipinski definition) is 0. The maximum absolute atomic E-state index is 11.9. The number of nitrogens with zero attached hydrogens (tertiary/aromatic N) is 1. The summed E-state index contributed by atoms with van der Waals surface area (Å²) < 4.78 is 11.2. The van der Waals surface area contributed by atoms with Crippen LogP contribution in [0.25, 0.3) is 11.1 Å². The minimum atomic E-state index is -1.19. The molecule has 2 aliphatic carbocycles. The highest BCUT2D eigenvalue weighted by molar-refractivity contribution is 6.21. The molecule has 0 aromatic heterocycles. The van der Waals surface area contributed by atoms with Crippen LogP contribution >= 0.6 is 11.6 Å². The quantitative estimate of drug-likeness (QED) is 0.488. The lowest BCUT2D eigenvalue weighted by Crippen LogP contribution is -2.42. The minimum absolute atomic E-state index is 0.182. The van der Waals surface area contributed by atoms with Gasteiger partial charge in [-0.25, -0.2) is 0 Å². The molecule has 1 aliphatic heterocycles. The zero-order chi connectivity index (χ0) is 16.7. The molecule has 0 fully saturated rings. The number of alkyl halides is 1. The first-order valence-corrected chi connectivity index (χ1v) is 7.80. The monoisotopic (exact) mass is 337 g/mol. The molecule has 6 nitrogen and oxygen atoms in total. The number of nitro groups is 1. The van der Waals surface area contributed by atoms with Gasteiger partial charge < -0.3 is 9.15 Å². The van der Waals surface area contributed by atoms with Crippen LogP contribution in [0.3, 0.4) is 0 Å². The zero-order valence-corrected chi connectivity index (χ0v) is 13.4. The molecule has 3 atom stereocenters. The molecule has 0 spiro atoms. The van der Waals surface area contributed by atoms with Crippen LogP contribution in [0, 0.1) is 10.1 Å². The van der Waals surface area contributed by atoms with Crippen molar-refractivity contribution in [3.05, 3.63) is 56.1 Å². The van der Waals surface area contributed by atoms with Crippen molar-refractivity contribution in [1.29, 1.82) is 0 Å². The maximum Gasteiger partial charge on any atom is 0.297 e. The van der Waals surface area contributed by atoms with E-state index in [0.29, 0.717) is 23.1 Å². The van der Waals surface area contributed by atoms with Crippen LogP contribution in [0.15, 0.2) is 33.7 Å². The van der Waals surface area contributed by atoms with Gasteiger partial charge >= 0.3 is 0 Å². The summed E-state index contributed by atoms with van der Waals surface area (Å²) in [6, 6.07) is 3.63. The van der Waals surface area contributed by atoms with Crippen molar-refractivity contribution in [2.45, 2.75) is 43.9 Å². The number of hydrogen-bond acceptors (Lipinski definition) is 5. The van der Waals surface area contributed by atoms with Crippen molar-refractivity contribution in [2.24, 2.45) is 0 Å². The Kier molecular flexibility index (Phi) is 4.12. The predicted molar refractivity (Wildman–Crippen MR) is 84.7 cm³/mol. The van der Waals surface area contributed by atoms with E-state index in [0.717, 1.165) is 0 Å². The summed E-state index contributed by atoms with van der Waals surface area (Å²) >= 11 is 6.38. The topological polar surface area (TPSA) is 82.6 Å². The van der Waals surface area contributed by atoms with E-state index in [4.69, 9.17) is 20.8 Å². The Morgan fingerprint density at radius 2 is 2.13 bits per heavy atom. The Hall–Kier alpha value is -1.92. The largest absolute Gasteiger partial charge is 0.461 e. The first kappa shape index (κ1) is 16.0. The zero-order valence-electron chi connectivity index (χ0n) is 12.7. The molecule has 0 N–H and O–H groups in total. The third kappa shape index (κ3) is 2.72. The molecule has 0 radical (unpaired) electrons. The van der Waals surface area contributed by atoms with Crippen molar-refractivity contribution < 1.29 is 14.1 Å². The van der Waals surface area contributed by atoms with Crippen LogP contribution < -0.4 is 5.43 Å².